The highest BCUT2D eigenvalue weighted by molar-refractivity contribution is 6.11. The third-order valence-electron chi connectivity index (χ3n) is 22.2. The van der Waals surface area contributed by atoms with Crippen LogP contribution in [0.1, 0.15) is 300 Å². The Labute approximate surface area is 666 Å². The highest BCUT2D eigenvalue weighted by Gasteiger charge is 2.45. The van der Waals surface area contributed by atoms with E-state index in [0.717, 1.165) is 114 Å². The van der Waals surface area contributed by atoms with Gasteiger partial charge in [-0.2, -0.15) is 0 Å². The van der Waals surface area contributed by atoms with E-state index in [1.54, 1.807) is 14.2 Å². The molecule has 0 fully saturated rings. The highest BCUT2D eigenvalue weighted by atomic mass is 16.5. The lowest BCUT2D eigenvalue weighted by Gasteiger charge is -2.23. The number of Topliss-reactive ketones (excluding diaryl/α,β-unsaturated/α-hetero) is 5. The monoisotopic (exact) mass is 1490 g/mol. The number of hydrogen-bond donors (Lipinski definition) is 0. The van der Waals surface area contributed by atoms with Gasteiger partial charge in [-0.1, -0.05) is 233 Å². The van der Waals surface area contributed by atoms with E-state index in [1.165, 1.54) is 38.9 Å². The lowest BCUT2D eigenvalue weighted by molar-refractivity contribution is -0.122. The molecule has 5 aromatic carbocycles. The number of nitrogens with zero attached hydrogens (tertiary/aromatic N) is 5. The predicted octanol–water partition coefficient (Wildman–Crippen LogP) is 25.2. The van der Waals surface area contributed by atoms with Crippen molar-refractivity contribution in [1.82, 2.24) is 0 Å². The molecule has 12 heteroatoms. The zero-order valence-corrected chi connectivity index (χ0v) is 73.5. The lowest BCUT2D eigenvalue weighted by Crippen LogP contribution is -2.21. The minimum Gasteiger partial charge on any atom is -0.496 e. The van der Waals surface area contributed by atoms with Crippen LogP contribution in [0.4, 0.5) is 0 Å². The Morgan fingerprint density at radius 3 is 0.946 bits per heavy atom. The average molecular weight is 1500 g/mol. The molecular formula is C99H123N5O7. The first kappa shape index (κ1) is 90.1. The van der Waals surface area contributed by atoms with Gasteiger partial charge in [-0.3, -0.25) is 0 Å². The van der Waals surface area contributed by atoms with Crippen molar-refractivity contribution in [2.24, 2.45) is 27.1 Å². The van der Waals surface area contributed by atoms with Crippen LogP contribution in [0, 0.1) is 108 Å². The van der Waals surface area contributed by atoms with Crippen molar-refractivity contribution in [3.8, 4) is 11.5 Å². The van der Waals surface area contributed by atoms with Crippen LogP contribution >= 0.6 is 0 Å². The fraction of sp³-hybridized carbons (Fsp3) is 0.495. The Balaban J connectivity index is 0.000000217. The number of hydrogen-bond acceptors (Lipinski definition) is 7. The highest BCUT2D eigenvalue weighted by Crippen LogP contribution is 2.55. The molecule has 0 unspecified atom stereocenters. The number of allylic oxidation sites excluding steroid dienone is 10. The molecule has 0 atom stereocenters. The summed E-state index contributed by atoms with van der Waals surface area (Å²) in [4.78, 5) is 81.5. The third-order valence-corrected chi connectivity index (χ3v) is 22.2. The smallest absolute Gasteiger partial charge is 0.233 e. The summed E-state index contributed by atoms with van der Waals surface area (Å²) in [6.07, 6.45) is 3.67. The van der Waals surface area contributed by atoms with Gasteiger partial charge in [-0.05, 0) is 237 Å². The third kappa shape index (κ3) is 18.7. The molecule has 5 aliphatic rings. The van der Waals surface area contributed by atoms with Crippen molar-refractivity contribution in [3.63, 3.8) is 0 Å². The largest absolute Gasteiger partial charge is 0.496 e. The molecule has 111 heavy (non-hydrogen) atoms. The van der Waals surface area contributed by atoms with Gasteiger partial charge in [0, 0.05) is 27.1 Å². The summed E-state index contributed by atoms with van der Waals surface area (Å²) in [6.45, 7) is 102. The summed E-state index contributed by atoms with van der Waals surface area (Å²) >= 11 is 0. The molecule has 5 aliphatic carbocycles. The maximum Gasteiger partial charge on any atom is 0.233 e. The van der Waals surface area contributed by atoms with Gasteiger partial charge in [-0.25, -0.2) is 24.2 Å². The number of carbonyl (C=O) groups excluding carboxylic acids is 5. The summed E-state index contributed by atoms with van der Waals surface area (Å²) in [5.41, 5.74) is 22.5. The van der Waals surface area contributed by atoms with Gasteiger partial charge in [-0.15, -0.1) is 0 Å². The Hall–Kier alpha value is -9.80. The molecule has 0 N–H and O–H groups in total. The van der Waals surface area contributed by atoms with Crippen molar-refractivity contribution in [2.75, 3.05) is 14.2 Å². The number of rotatable bonds is 7. The van der Waals surface area contributed by atoms with E-state index >= 15 is 0 Å². The van der Waals surface area contributed by atoms with Crippen LogP contribution < -0.4 is 9.47 Å². The van der Waals surface area contributed by atoms with Crippen molar-refractivity contribution in [2.45, 2.75) is 281 Å². The van der Waals surface area contributed by atoms with Crippen molar-refractivity contribution < 1.29 is 33.4 Å². The van der Waals surface area contributed by atoms with Crippen LogP contribution in [-0.4, -0.2) is 43.1 Å². The number of carbonyl (C=O) groups is 5. The topological polar surface area (TPSA) is 126 Å². The SMILES string of the molecule is [C-]#[N+]/C(C(=O)C(C)(C)C)=C1/CC(C)(C)c2c1cc(C)c(OC)c2C.[C-]#[N+]/C(C(=O)C(C)(C)C)=C1/CC(C)(C)c2cc(C)c(C)cc21.[C-]#[N+]/C(C(=O)C(C)(C)C)=C1/CC(C)(C)c2cc(C)ccc21.[C-]#[N+]/C(C(=O)C(C)(C)C)=C1/CC(C)(C)c2cc(OC)c(C)cc21.[C-]#[N+]/C(C(=O)C(C)(C)C)=C1/CC(C)(C)c2ccc(C)cc21. The molecule has 0 aromatic heterocycles. The second kappa shape index (κ2) is 32.1. The van der Waals surface area contributed by atoms with Gasteiger partial charge in [0.15, 0.2) is 28.9 Å². The zero-order valence-electron chi connectivity index (χ0n) is 73.5. The van der Waals surface area contributed by atoms with Gasteiger partial charge in [0.1, 0.15) is 11.5 Å². The van der Waals surface area contributed by atoms with Crippen LogP contribution in [0.2, 0.25) is 0 Å². The Kier molecular flexibility index (Phi) is 26.1. The van der Waals surface area contributed by atoms with E-state index in [9.17, 15) is 24.0 Å². The fourth-order valence-electron chi connectivity index (χ4n) is 16.0. The average Bonchev–Trinajstić information content (AvgIpc) is 1.57. The maximum absolute atomic E-state index is 12.8. The molecule has 12 nitrogen and oxygen atoms in total. The Bertz CT molecular complexity index is 5080. The van der Waals surface area contributed by atoms with Crippen LogP contribution in [-0.2, 0) is 51.0 Å². The molecule has 0 amide bonds. The van der Waals surface area contributed by atoms with Gasteiger partial charge in [0.25, 0.3) is 0 Å². The molecule has 5 aromatic rings. The minimum absolute atomic E-state index is 0.0214. The van der Waals surface area contributed by atoms with Crippen molar-refractivity contribution in [3.05, 3.63) is 247 Å². The molecule has 0 saturated heterocycles. The molecule has 0 radical (unpaired) electrons. The minimum atomic E-state index is -0.559. The molecule has 0 aliphatic heterocycles. The summed E-state index contributed by atoms with van der Waals surface area (Å²) in [6, 6.07) is 23.2. The Morgan fingerprint density at radius 2 is 0.595 bits per heavy atom. The summed E-state index contributed by atoms with van der Waals surface area (Å²) in [5, 5.41) is 0. The first-order valence-electron chi connectivity index (χ1n) is 38.6. The molecule has 586 valence electrons. The summed E-state index contributed by atoms with van der Waals surface area (Å²) in [7, 11) is 3.36. The van der Waals surface area contributed by atoms with E-state index in [1.807, 2.05) is 125 Å². The van der Waals surface area contributed by atoms with Gasteiger partial charge < -0.3 is 33.4 Å². The number of aryl methyl sites for hydroxylation is 6. The summed E-state index contributed by atoms with van der Waals surface area (Å²) in [5.74, 6) is 1.41. The predicted molar refractivity (Wildman–Crippen MR) is 457 cm³/mol. The Morgan fingerprint density at radius 1 is 0.315 bits per heavy atom. The molecule has 10 rings (SSSR count). The van der Waals surface area contributed by atoms with Crippen molar-refractivity contribution in [1.29, 1.82) is 0 Å². The number of methoxy groups -OCH3 is 2. The van der Waals surface area contributed by atoms with Gasteiger partial charge >= 0.3 is 0 Å². The zero-order chi connectivity index (χ0) is 84.9. The normalized spacial score (nSPS) is 18.5. The standard InChI is InChI=1S/C21H27NO2.C20H25NO2.C20H25NO.2C19H23NO/c1-12-10-14-15(17(22-8)19(23)20(3,4)5)11-21(6,7)16(14)13(2)18(12)24-9;1-12-9-13-14(17(21-7)18(22)19(2,3)4)11-20(5,6)15(13)10-16(12)23-8;1-12-9-14-15(17(21-8)18(22)19(3,4)5)11-20(6,7)16(14)10-13(12)2;1-12-8-9-15-13(10-12)14(11-19(15,5)6)16(20-7)17(21)18(2,3)4;1-12-8-9-13-14(11-19(5,6)15(13)10-12)16(20-7)17(21)18(2,3)4/h10H,11H2,1-7,9H3;9-10H,11H2,1-6,8H3;9-10H,11H2,1-7H3;2*8-10H,11H2,1-6H3/b17-15-;17-14-;17-15-;2*16-14-. The molecule has 0 saturated carbocycles. The quantitative estimate of drug-likeness (QED) is 0.117. The van der Waals surface area contributed by atoms with Gasteiger partial charge in [0.2, 0.25) is 28.5 Å². The van der Waals surface area contributed by atoms with E-state index < -0.39 is 27.1 Å². The van der Waals surface area contributed by atoms with Crippen molar-refractivity contribution >= 4 is 56.8 Å². The first-order valence-corrected chi connectivity index (χ1v) is 38.6. The number of ketones is 5. The van der Waals surface area contributed by atoms with Crippen LogP contribution in [0.5, 0.6) is 11.5 Å². The molecular weight excluding hydrogens is 1370 g/mol. The number of benzene rings is 5. The van der Waals surface area contributed by atoms with Crippen LogP contribution in [0.25, 0.3) is 52.1 Å². The maximum atomic E-state index is 12.8. The second-order valence-electron chi connectivity index (χ2n) is 39.6. The molecule has 0 bridgehead atoms. The van der Waals surface area contributed by atoms with Crippen LogP contribution in [0.3, 0.4) is 0 Å². The van der Waals surface area contributed by atoms with E-state index in [4.69, 9.17) is 42.3 Å². The number of ether oxygens (including phenoxy) is 2. The fourth-order valence-corrected chi connectivity index (χ4v) is 16.0. The van der Waals surface area contributed by atoms with E-state index in [0.29, 0.717) is 35.6 Å². The van der Waals surface area contributed by atoms with Crippen LogP contribution in [0.15, 0.2) is 95.2 Å². The number of fused-ring (bicyclic) bond motifs is 5. The first-order chi connectivity index (χ1) is 50.6. The van der Waals surface area contributed by atoms with E-state index in [2.05, 4.69) is 188 Å². The second-order valence-corrected chi connectivity index (χ2v) is 39.6. The summed E-state index contributed by atoms with van der Waals surface area (Å²) < 4.78 is 11.0. The van der Waals surface area contributed by atoms with E-state index in [-0.39, 0.29) is 61.7 Å². The molecule has 0 spiro atoms. The lowest BCUT2D eigenvalue weighted by atomic mass is 9.83. The molecule has 0 heterocycles. The van der Waals surface area contributed by atoms with Gasteiger partial charge in [0.05, 0.1) is 47.1 Å².